The van der Waals surface area contributed by atoms with Crippen LogP contribution in [0.15, 0.2) is 18.2 Å². The van der Waals surface area contributed by atoms with Gasteiger partial charge in [-0.2, -0.15) is 5.26 Å². The number of rotatable bonds is 5. The largest absolute Gasteiger partial charge is 0.497 e. The summed E-state index contributed by atoms with van der Waals surface area (Å²) in [6.07, 6.45) is -0.600. The zero-order chi connectivity index (χ0) is 13.8. The molecule has 0 spiro atoms. The van der Waals surface area contributed by atoms with Crippen molar-refractivity contribution in [1.82, 2.24) is 0 Å². The van der Waals surface area contributed by atoms with Crippen molar-refractivity contribution in [2.24, 2.45) is 0 Å². The molecule has 0 saturated heterocycles. The first-order valence-corrected chi connectivity index (χ1v) is 9.11. The molecule has 0 fully saturated rings. The summed E-state index contributed by atoms with van der Waals surface area (Å²) < 4.78 is 16.3. The second-order valence-electron chi connectivity index (χ2n) is 4.85. The summed E-state index contributed by atoms with van der Waals surface area (Å²) in [5.74, 6) is 1.31. The number of hydrogen-bond acceptors (Lipinski definition) is 4. The van der Waals surface area contributed by atoms with E-state index >= 15 is 0 Å². The van der Waals surface area contributed by atoms with Crippen LogP contribution in [0.1, 0.15) is 11.7 Å². The van der Waals surface area contributed by atoms with E-state index in [1.807, 2.05) is 25.7 Å². The lowest BCUT2D eigenvalue weighted by atomic mass is 10.1. The summed E-state index contributed by atoms with van der Waals surface area (Å²) in [4.78, 5) is 0. The number of methoxy groups -OCH3 is 2. The van der Waals surface area contributed by atoms with Crippen molar-refractivity contribution in [1.29, 1.82) is 5.26 Å². The van der Waals surface area contributed by atoms with E-state index in [4.69, 9.17) is 13.9 Å². The molecule has 1 atom stereocenters. The second kappa shape index (κ2) is 5.89. The molecule has 0 aliphatic heterocycles. The Morgan fingerprint density at radius 1 is 1.17 bits per heavy atom. The molecule has 4 nitrogen and oxygen atoms in total. The van der Waals surface area contributed by atoms with Gasteiger partial charge in [0.25, 0.3) is 0 Å². The van der Waals surface area contributed by atoms with E-state index in [9.17, 15) is 5.26 Å². The molecule has 1 unspecified atom stereocenters. The molecule has 18 heavy (non-hydrogen) atoms. The Hall–Kier alpha value is -1.51. The Labute approximate surface area is 109 Å². The third kappa shape index (κ3) is 3.76. The second-order valence-corrected chi connectivity index (χ2v) is 9.31. The van der Waals surface area contributed by atoms with E-state index < -0.39 is 14.4 Å². The standard InChI is InChI=1S/C13H19NO3Si/c1-15-10-6-7-11(12(8-10)16-2)13(9-14)17-18(3,4)5/h6-8,13H,1-5H3. The molecule has 0 amide bonds. The fraction of sp³-hybridized carbons (Fsp3) is 0.462. The maximum Gasteiger partial charge on any atom is 0.186 e. The molecular formula is C13H19NO3Si. The van der Waals surface area contributed by atoms with E-state index in [2.05, 4.69) is 6.07 Å². The van der Waals surface area contributed by atoms with Gasteiger partial charge in [0.2, 0.25) is 0 Å². The van der Waals surface area contributed by atoms with Gasteiger partial charge in [-0.05, 0) is 31.8 Å². The van der Waals surface area contributed by atoms with E-state index in [1.54, 1.807) is 26.4 Å². The van der Waals surface area contributed by atoms with Crippen LogP contribution < -0.4 is 9.47 Å². The summed E-state index contributed by atoms with van der Waals surface area (Å²) in [5.41, 5.74) is 0.739. The van der Waals surface area contributed by atoms with Crippen molar-refractivity contribution in [3.05, 3.63) is 23.8 Å². The lowest BCUT2D eigenvalue weighted by Gasteiger charge is -2.23. The van der Waals surface area contributed by atoms with Crippen LogP contribution in [-0.4, -0.2) is 22.5 Å². The van der Waals surface area contributed by atoms with Crippen molar-refractivity contribution < 1.29 is 13.9 Å². The summed E-state index contributed by atoms with van der Waals surface area (Å²) in [5, 5.41) is 9.25. The Morgan fingerprint density at radius 3 is 2.28 bits per heavy atom. The smallest absolute Gasteiger partial charge is 0.186 e. The summed E-state index contributed by atoms with van der Waals surface area (Å²) in [6, 6.07) is 7.55. The zero-order valence-corrected chi connectivity index (χ0v) is 12.5. The highest BCUT2D eigenvalue weighted by Gasteiger charge is 2.24. The first-order chi connectivity index (χ1) is 8.41. The van der Waals surface area contributed by atoms with Gasteiger partial charge in [0.15, 0.2) is 14.4 Å². The summed E-state index contributed by atoms with van der Waals surface area (Å²) >= 11 is 0. The van der Waals surface area contributed by atoms with Crippen LogP contribution >= 0.6 is 0 Å². The number of hydrogen-bond donors (Lipinski definition) is 0. The van der Waals surface area contributed by atoms with Gasteiger partial charge in [0.1, 0.15) is 11.5 Å². The molecule has 1 aromatic carbocycles. The van der Waals surface area contributed by atoms with E-state index in [0.29, 0.717) is 11.5 Å². The first kappa shape index (κ1) is 14.5. The molecule has 0 N–H and O–H groups in total. The van der Waals surface area contributed by atoms with Crippen LogP contribution in [0.5, 0.6) is 11.5 Å². The molecule has 0 radical (unpaired) electrons. The highest BCUT2D eigenvalue weighted by Crippen LogP contribution is 2.32. The molecule has 5 heteroatoms. The molecule has 0 bridgehead atoms. The Morgan fingerprint density at radius 2 is 1.83 bits per heavy atom. The van der Waals surface area contributed by atoms with Gasteiger partial charge < -0.3 is 13.9 Å². The average Bonchev–Trinajstić information content (AvgIpc) is 2.34. The minimum Gasteiger partial charge on any atom is -0.497 e. The van der Waals surface area contributed by atoms with Gasteiger partial charge >= 0.3 is 0 Å². The highest BCUT2D eigenvalue weighted by atomic mass is 28.4. The maximum absolute atomic E-state index is 9.25. The minimum atomic E-state index is -1.79. The lowest BCUT2D eigenvalue weighted by Crippen LogP contribution is -2.27. The van der Waals surface area contributed by atoms with E-state index in [-0.39, 0.29) is 0 Å². The molecule has 1 rings (SSSR count). The predicted molar refractivity (Wildman–Crippen MR) is 72.3 cm³/mol. The fourth-order valence-corrected chi connectivity index (χ4v) is 2.43. The third-order valence-corrected chi connectivity index (χ3v) is 3.25. The monoisotopic (exact) mass is 265 g/mol. The Balaban J connectivity index is 3.10. The Bertz CT molecular complexity index is 449. The van der Waals surface area contributed by atoms with Crippen molar-refractivity contribution in [2.75, 3.05) is 14.2 Å². The third-order valence-electron chi connectivity index (χ3n) is 2.31. The van der Waals surface area contributed by atoms with E-state index in [0.717, 1.165) is 5.56 Å². The van der Waals surface area contributed by atoms with E-state index in [1.165, 1.54) is 0 Å². The van der Waals surface area contributed by atoms with Crippen LogP contribution in [0.25, 0.3) is 0 Å². The number of nitrogens with zero attached hydrogens (tertiary/aromatic N) is 1. The molecule has 0 heterocycles. The van der Waals surface area contributed by atoms with Gasteiger partial charge in [-0.3, -0.25) is 0 Å². The molecule has 0 aliphatic carbocycles. The molecule has 0 saturated carbocycles. The van der Waals surface area contributed by atoms with Crippen LogP contribution in [0.2, 0.25) is 19.6 Å². The predicted octanol–water partition coefficient (Wildman–Crippen LogP) is 3.12. The summed E-state index contributed by atoms with van der Waals surface area (Å²) in [6.45, 7) is 6.15. The topological polar surface area (TPSA) is 51.5 Å². The van der Waals surface area contributed by atoms with Gasteiger partial charge in [-0.25, -0.2) is 0 Å². The Kier molecular flexibility index (Phi) is 4.76. The van der Waals surface area contributed by atoms with Crippen LogP contribution in [-0.2, 0) is 4.43 Å². The van der Waals surface area contributed by atoms with Crippen LogP contribution in [0, 0.1) is 11.3 Å². The number of ether oxygens (including phenoxy) is 2. The van der Waals surface area contributed by atoms with Gasteiger partial charge in [-0.15, -0.1) is 0 Å². The molecule has 0 aromatic heterocycles. The molecular weight excluding hydrogens is 246 g/mol. The SMILES string of the molecule is COc1ccc(C(C#N)O[Si](C)(C)C)c(OC)c1. The molecule has 98 valence electrons. The quantitative estimate of drug-likeness (QED) is 0.768. The highest BCUT2D eigenvalue weighted by molar-refractivity contribution is 6.69. The van der Waals surface area contributed by atoms with Gasteiger partial charge in [0, 0.05) is 11.6 Å². The summed E-state index contributed by atoms with van der Waals surface area (Å²) in [7, 11) is 1.37. The van der Waals surface area contributed by atoms with Crippen LogP contribution in [0.3, 0.4) is 0 Å². The fourth-order valence-electron chi connectivity index (χ4n) is 1.55. The number of nitriles is 1. The van der Waals surface area contributed by atoms with Crippen molar-refractivity contribution >= 4 is 8.32 Å². The van der Waals surface area contributed by atoms with Crippen molar-refractivity contribution in [2.45, 2.75) is 25.7 Å². The average molecular weight is 265 g/mol. The molecule has 1 aromatic rings. The minimum absolute atomic E-state index is 0.600. The van der Waals surface area contributed by atoms with Crippen molar-refractivity contribution in [3.8, 4) is 17.6 Å². The first-order valence-electron chi connectivity index (χ1n) is 5.70. The maximum atomic E-state index is 9.25. The van der Waals surface area contributed by atoms with Crippen molar-refractivity contribution in [3.63, 3.8) is 0 Å². The molecule has 0 aliphatic rings. The number of benzene rings is 1. The van der Waals surface area contributed by atoms with Gasteiger partial charge in [-0.1, -0.05) is 0 Å². The lowest BCUT2D eigenvalue weighted by molar-refractivity contribution is 0.248. The normalized spacial score (nSPS) is 12.7. The van der Waals surface area contributed by atoms with Gasteiger partial charge in [0.05, 0.1) is 20.3 Å². The zero-order valence-electron chi connectivity index (χ0n) is 11.5. The van der Waals surface area contributed by atoms with Crippen LogP contribution in [0.4, 0.5) is 0 Å².